The van der Waals surface area contributed by atoms with Crippen molar-refractivity contribution in [2.75, 3.05) is 0 Å². The van der Waals surface area contributed by atoms with E-state index in [4.69, 9.17) is 0 Å². The molecule has 2 atom stereocenters. The zero-order valence-electron chi connectivity index (χ0n) is 15.3. The van der Waals surface area contributed by atoms with Crippen LogP contribution in [0, 0.1) is 5.92 Å². The molecule has 1 saturated carbocycles. The number of carbonyl (C=O) groups excluding carboxylic acids is 1. The van der Waals surface area contributed by atoms with Crippen LogP contribution in [0.5, 0.6) is 0 Å². The first-order valence-electron chi connectivity index (χ1n) is 9.36. The molecule has 2 aromatic rings. The minimum Gasteiger partial charge on any atom is -0.334 e. The first kappa shape index (κ1) is 16.3. The van der Waals surface area contributed by atoms with Crippen LogP contribution in [-0.2, 0) is 18.4 Å². The van der Waals surface area contributed by atoms with E-state index >= 15 is 0 Å². The minimum atomic E-state index is 0.00972. The Kier molecular flexibility index (Phi) is 4.10. The number of fused-ring (bicyclic) bond motifs is 5. The molecule has 1 unspecified atom stereocenters. The SMILES string of the molecule is CC(C)C(=O)N1Cc2ccccc2-c2c(nnn2C)C2CCCC[C@@H]21. The maximum atomic E-state index is 13.0. The van der Waals surface area contributed by atoms with Gasteiger partial charge in [0, 0.05) is 37.0 Å². The van der Waals surface area contributed by atoms with Gasteiger partial charge in [-0.25, -0.2) is 4.68 Å². The molecule has 1 fully saturated rings. The van der Waals surface area contributed by atoms with Crippen molar-refractivity contribution < 1.29 is 4.79 Å². The predicted octanol–water partition coefficient (Wildman–Crippen LogP) is 3.51. The lowest BCUT2D eigenvalue weighted by Crippen LogP contribution is -2.47. The third-order valence-corrected chi connectivity index (χ3v) is 5.72. The van der Waals surface area contributed by atoms with Gasteiger partial charge in [0.15, 0.2) is 0 Å². The van der Waals surface area contributed by atoms with E-state index in [2.05, 4.69) is 39.5 Å². The summed E-state index contributed by atoms with van der Waals surface area (Å²) in [6.07, 6.45) is 4.52. The Balaban J connectivity index is 1.91. The summed E-state index contributed by atoms with van der Waals surface area (Å²) >= 11 is 0. The van der Waals surface area contributed by atoms with Crippen molar-refractivity contribution in [2.45, 2.75) is 58.0 Å². The lowest BCUT2D eigenvalue weighted by Gasteiger charge is -2.42. The standard InChI is InChI=1S/C20H26N4O/c1-13(2)20(25)24-12-14-8-4-5-9-15(14)19-18(21-22-23(19)3)16-10-6-7-11-17(16)24/h4-5,8-9,13,16-17H,6-7,10-12H2,1-3H3/t16?,17-/m0/s1. The predicted molar refractivity (Wildman–Crippen MR) is 96.8 cm³/mol. The second-order valence-electron chi connectivity index (χ2n) is 7.68. The number of hydrogen-bond donors (Lipinski definition) is 0. The first-order valence-corrected chi connectivity index (χ1v) is 9.36. The fourth-order valence-electron chi connectivity index (χ4n) is 4.50. The fraction of sp³-hybridized carbons (Fsp3) is 0.550. The normalized spacial score (nSPS) is 22.6. The van der Waals surface area contributed by atoms with Gasteiger partial charge >= 0.3 is 0 Å². The van der Waals surface area contributed by atoms with Crippen molar-refractivity contribution in [2.24, 2.45) is 13.0 Å². The number of aryl methyl sites for hydroxylation is 1. The molecule has 132 valence electrons. The van der Waals surface area contributed by atoms with Crippen molar-refractivity contribution in [1.29, 1.82) is 0 Å². The summed E-state index contributed by atoms with van der Waals surface area (Å²) in [5, 5.41) is 8.89. The average molecular weight is 338 g/mol. The highest BCUT2D eigenvalue weighted by Gasteiger charge is 2.39. The summed E-state index contributed by atoms with van der Waals surface area (Å²) in [6.45, 7) is 4.68. The number of hydrogen-bond acceptors (Lipinski definition) is 3. The molecule has 0 N–H and O–H groups in total. The zero-order valence-corrected chi connectivity index (χ0v) is 15.3. The lowest BCUT2D eigenvalue weighted by molar-refractivity contribution is -0.138. The van der Waals surface area contributed by atoms with E-state index in [1.807, 2.05) is 25.6 Å². The van der Waals surface area contributed by atoms with Gasteiger partial charge < -0.3 is 4.90 Å². The van der Waals surface area contributed by atoms with E-state index < -0.39 is 0 Å². The van der Waals surface area contributed by atoms with Crippen LogP contribution < -0.4 is 0 Å². The minimum absolute atomic E-state index is 0.00972. The van der Waals surface area contributed by atoms with Crippen LogP contribution in [-0.4, -0.2) is 31.8 Å². The summed E-state index contributed by atoms with van der Waals surface area (Å²) in [5.41, 5.74) is 4.55. The summed E-state index contributed by atoms with van der Waals surface area (Å²) in [5.74, 6) is 0.544. The van der Waals surface area contributed by atoms with E-state index in [1.54, 1.807) is 0 Å². The Bertz CT molecular complexity index is 795. The highest BCUT2D eigenvalue weighted by molar-refractivity contribution is 5.79. The largest absolute Gasteiger partial charge is 0.334 e. The molecule has 0 radical (unpaired) electrons. The van der Waals surface area contributed by atoms with Gasteiger partial charge in [-0.15, -0.1) is 5.10 Å². The van der Waals surface area contributed by atoms with Gasteiger partial charge in [0.1, 0.15) is 0 Å². The van der Waals surface area contributed by atoms with Crippen LogP contribution >= 0.6 is 0 Å². The highest BCUT2D eigenvalue weighted by Crippen LogP contribution is 2.43. The molecule has 0 spiro atoms. The van der Waals surface area contributed by atoms with Gasteiger partial charge in [-0.05, 0) is 18.4 Å². The second kappa shape index (κ2) is 6.28. The van der Waals surface area contributed by atoms with Crippen molar-refractivity contribution in [3.8, 4) is 11.3 Å². The summed E-state index contributed by atoms with van der Waals surface area (Å²) in [6, 6.07) is 8.62. The Morgan fingerprint density at radius 3 is 2.76 bits per heavy atom. The molecule has 0 saturated heterocycles. The van der Waals surface area contributed by atoms with Crippen LogP contribution in [0.3, 0.4) is 0 Å². The second-order valence-corrected chi connectivity index (χ2v) is 7.68. The molecule has 1 aliphatic heterocycles. The number of rotatable bonds is 1. The third-order valence-electron chi connectivity index (χ3n) is 5.72. The van der Waals surface area contributed by atoms with E-state index in [1.165, 1.54) is 18.4 Å². The topological polar surface area (TPSA) is 51.0 Å². The smallest absolute Gasteiger partial charge is 0.225 e. The zero-order chi connectivity index (χ0) is 17.6. The van der Waals surface area contributed by atoms with Crippen molar-refractivity contribution in [1.82, 2.24) is 19.9 Å². The molecule has 5 heteroatoms. The Labute approximate surface area is 149 Å². The summed E-state index contributed by atoms with van der Waals surface area (Å²) < 4.78 is 1.90. The number of carbonyl (C=O) groups is 1. The quantitative estimate of drug-likeness (QED) is 0.799. The third kappa shape index (κ3) is 2.66. The molecule has 4 rings (SSSR count). The summed E-state index contributed by atoms with van der Waals surface area (Å²) in [4.78, 5) is 15.2. The van der Waals surface area contributed by atoms with Gasteiger partial charge in [0.25, 0.3) is 0 Å². The van der Waals surface area contributed by atoms with E-state index in [-0.39, 0.29) is 23.8 Å². The van der Waals surface area contributed by atoms with Crippen molar-refractivity contribution in [3.05, 3.63) is 35.5 Å². The molecule has 2 aliphatic rings. The van der Waals surface area contributed by atoms with Crippen LogP contribution in [0.2, 0.25) is 0 Å². The van der Waals surface area contributed by atoms with Gasteiger partial charge in [-0.3, -0.25) is 4.79 Å². The van der Waals surface area contributed by atoms with E-state index in [9.17, 15) is 4.79 Å². The van der Waals surface area contributed by atoms with Crippen LogP contribution in [0.1, 0.15) is 56.7 Å². The maximum Gasteiger partial charge on any atom is 0.225 e. The van der Waals surface area contributed by atoms with Crippen LogP contribution in [0.4, 0.5) is 0 Å². The molecule has 2 heterocycles. The van der Waals surface area contributed by atoms with Gasteiger partial charge in [0.2, 0.25) is 5.91 Å². The Hall–Kier alpha value is -2.17. The van der Waals surface area contributed by atoms with E-state index in [0.717, 1.165) is 29.8 Å². The number of aromatic nitrogens is 3. The molecular formula is C20H26N4O. The molecule has 0 bridgehead atoms. The van der Waals surface area contributed by atoms with Crippen LogP contribution in [0.15, 0.2) is 24.3 Å². The van der Waals surface area contributed by atoms with Crippen molar-refractivity contribution >= 4 is 5.91 Å². The molecule has 1 aromatic carbocycles. The molecule has 1 aromatic heterocycles. The van der Waals surface area contributed by atoms with Gasteiger partial charge in [-0.2, -0.15) is 0 Å². The molecule has 1 amide bonds. The fourth-order valence-corrected chi connectivity index (χ4v) is 4.50. The number of amides is 1. The molecule has 5 nitrogen and oxygen atoms in total. The van der Waals surface area contributed by atoms with Gasteiger partial charge in [0.05, 0.1) is 11.4 Å². The first-order chi connectivity index (χ1) is 12.1. The van der Waals surface area contributed by atoms with Crippen molar-refractivity contribution in [3.63, 3.8) is 0 Å². The Morgan fingerprint density at radius 2 is 1.96 bits per heavy atom. The highest BCUT2D eigenvalue weighted by atomic mass is 16.2. The van der Waals surface area contributed by atoms with E-state index in [0.29, 0.717) is 6.54 Å². The number of benzene rings is 1. The lowest BCUT2D eigenvalue weighted by atomic mass is 9.78. The van der Waals surface area contributed by atoms with Gasteiger partial charge in [-0.1, -0.05) is 56.2 Å². The Morgan fingerprint density at radius 1 is 1.20 bits per heavy atom. The molecule has 1 aliphatic carbocycles. The maximum absolute atomic E-state index is 13.0. The van der Waals surface area contributed by atoms with Crippen LogP contribution in [0.25, 0.3) is 11.3 Å². The summed E-state index contributed by atoms with van der Waals surface area (Å²) in [7, 11) is 1.97. The molecular weight excluding hydrogens is 312 g/mol. The average Bonchev–Trinajstić information content (AvgIpc) is 2.99. The monoisotopic (exact) mass is 338 g/mol. The molecule has 25 heavy (non-hydrogen) atoms. The number of nitrogens with zero attached hydrogens (tertiary/aromatic N) is 4.